The van der Waals surface area contributed by atoms with E-state index in [0.29, 0.717) is 6.04 Å². The maximum absolute atomic E-state index is 4.24. The largest absolute Gasteiger partial charge is 0.349 e. The summed E-state index contributed by atoms with van der Waals surface area (Å²) in [6.45, 7) is 0.994. The van der Waals surface area contributed by atoms with Gasteiger partial charge in [-0.3, -0.25) is 0 Å². The summed E-state index contributed by atoms with van der Waals surface area (Å²) in [6, 6.07) is 2.84. The Morgan fingerprint density at radius 2 is 2.53 bits per heavy atom. The SMILES string of the molecule is c1c[nH]c(CCNC2CCCc3sccc32)n1. The highest BCUT2D eigenvalue weighted by atomic mass is 32.1. The molecule has 0 amide bonds. The lowest BCUT2D eigenvalue weighted by Crippen LogP contribution is -2.26. The molecule has 0 saturated carbocycles. The van der Waals surface area contributed by atoms with Crippen molar-refractivity contribution >= 4 is 11.3 Å². The number of H-pyrrole nitrogens is 1. The van der Waals surface area contributed by atoms with Crippen LogP contribution in [0.3, 0.4) is 0 Å². The normalized spacial score (nSPS) is 19.2. The van der Waals surface area contributed by atoms with Crippen LogP contribution in [0.15, 0.2) is 23.8 Å². The fourth-order valence-electron chi connectivity index (χ4n) is 2.50. The van der Waals surface area contributed by atoms with Crippen molar-refractivity contribution in [3.8, 4) is 0 Å². The van der Waals surface area contributed by atoms with Crippen molar-refractivity contribution in [1.29, 1.82) is 0 Å². The number of nitrogens with zero attached hydrogens (tertiary/aromatic N) is 1. The summed E-state index contributed by atoms with van der Waals surface area (Å²) in [5, 5.41) is 5.87. The summed E-state index contributed by atoms with van der Waals surface area (Å²) in [7, 11) is 0. The highest BCUT2D eigenvalue weighted by molar-refractivity contribution is 7.10. The first-order valence-electron chi connectivity index (χ1n) is 6.21. The molecule has 2 aromatic rings. The van der Waals surface area contributed by atoms with Crippen molar-refractivity contribution in [1.82, 2.24) is 15.3 Å². The third kappa shape index (κ3) is 2.42. The Balaban J connectivity index is 1.57. The minimum absolute atomic E-state index is 0.556. The van der Waals surface area contributed by atoms with Gasteiger partial charge in [-0.15, -0.1) is 11.3 Å². The van der Waals surface area contributed by atoms with Gasteiger partial charge in [-0.1, -0.05) is 0 Å². The molecule has 1 atom stereocenters. The monoisotopic (exact) mass is 247 g/mol. The first kappa shape index (κ1) is 11.0. The molecule has 2 aromatic heterocycles. The van der Waals surface area contributed by atoms with Crippen molar-refractivity contribution < 1.29 is 0 Å². The number of hydrogen-bond acceptors (Lipinski definition) is 3. The maximum Gasteiger partial charge on any atom is 0.107 e. The van der Waals surface area contributed by atoms with Crippen molar-refractivity contribution in [3.63, 3.8) is 0 Å². The molecule has 0 radical (unpaired) electrons. The minimum Gasteiger partial charge on any atom is -0.349 e. The number of aryl methyl sites for hydroxylation is 1. The van der Waals surface area contributed by atoms with Gasteiger partial charge in [0.05, 0.1) is 0 Å². The second kappa shape index (κ2) is 5.02. The van der Waals surface area contributed by atoms with E-state index < -0.39 is 0 Å². The summed E-state index contributed by atoms with van der Waals surface area (Å²) in [5.74, 6) is 1.07. The van der Waals surface area contributed by atoms with Gasteiger partial charge in [-0.25, -0.2) is 4.98 Å². The highest BCUT2D eigenvalue weighted by Gasteiger charge is 2.20. The van der Waals surface area contributed by atoms with Gasteiger partial charge in [0.15, 0.2) is 0 Å². The van der Waals surface area contributed by atoms with E-state index in [9.17, 15) is 0 Å². The Hall–Kier alpha value is -1.13. The molecule has 0 bridgehead atoms. The number of nitrogens with one attached hydrogen (secondary N) is 2. The van der Waals surface area contributed by atoms with Crippen LogP contribution in [0.1, 0.15) is 35.1 Å². The van der Waals surface area contributed by atoms with E-state index in [1.54, 1.807) is 4.88 Å². The van der Waals surface area contributed by atoms with Gasteiger partial charge < -0.3 is 10.3 Å². The lowest BCUT2D eigenvalue weighted by molar-refractivity contribution is 0.465. The van der Waals surface area contributed by atoms with Crippen LogP contribution in [-0.4, -0.2) is 16.5 Å². The number of imidazole rings is 1. The van der Waals surface area contributed by atoms with Crippen LogP contribution in [0.2, 0.25) is 0 Å². The van der Waals surface area contributed by atoms with Crippen LogP contribution in [0.5, 0.6) is 0 Å². The third-order valence-corrected chi connectivity index (χ3v) is 4.36. The average Bonchev–Trinajstić information content (AvgIpc) is 2.99. The topological polar surface area (TPSA) is 40.7 Å². The van der Waals surface area contributed by atoms with Gasteiger partial charge in [0.2, 0.25) is 0 Å². The van der Waals surface area contributed by atoms with E-state index in [-0.39, 0.29) is 0 Å². The molecule has 3 rings (SSSR count). The molecule has 2 N–H and O–H groups in total. The molecule has 0 saturated heterocycles. The molecule has 3 nitrogen and oxygen atoms in total. The van der Waals surface area contributed by atoms with Crippen molar-refractivity contribution in [2.75, 3.05) is 6.54 Å². The molecule has 0 spiro atoms. The van der Waals surface area contributed by atoms with Crippen molar-refractivity contribution in [3.05, 3.63) is 40.1 Å². The number of fused-ring (bicyclic) bond motifs is 1. The fourth-order valence-corrected chi connectivity index (χ4v) is 3.49. The summed E-state index contributed by atoms with van der Waals surface area (Å²) < 4.78 is 0. The van der Waals surface area contributed by atoms with Gasteiger partial charge in [-0.05, 0) is 36.3 Å². The van der Waals surface area contributed by atoms with Crippen LogP contribution in [0.4, 0.5) is 0 Å². The predicted molar refractivity (Wildman–Crippen MR) is 70.3 cm³/mol. The van der Waals surface area contributed by atoms with Gasteiger partial charge in [-0.2, -0.15) is 0 Å². The van der Waals surface area contributed by atoms with Crippen LogP contribution in [-0.2, 0) is 12.8 Å². The number of aromatic amines is 1. The van der Waals surface area contributed by atoms with Crippen LogP contribution in [0, 0.1) is 0 Å². The fraction of sp³-hybridized carbons (Fsp3) is 0.462. The predicted octanol–water partition coefficient (Wildman–Crippen LogP) is 2.68. The Morgan fingerprint density at radius 3 is 3.41 bits per heavy atom. The molecule has 1 unspecified atom stereocenters. The maximum atomic E-state index is 4.24. The van der Waals surface area contributed by atoms with E-state index in [4.69, 9.17) is 0 Å². The Morgan fingerprint density at radius 1 is 1.53 bits per heavy atom. The lowest BCUT2D eigenvalue weighted by Gasteiger charge is -2.23. The Bertz CT molecular complexity index is 461. The molecular weight excluding hydrogens is 230 g/mol. The molecule has 0 aliphatic heterocycles. The molecular formula is C13H17N3S. The van der Waals surface area contributed by atoms with Crippen LogP contribution >= 0.6 is 11.3 Å². The zero-order chi connectivity index (χ0) is 11.5. The third-order valence-electron chi connectivity index (χ3n) is 3.36. The van der Waals surface area contributed by atoms with E-state index in [2.05, 4.69) is 26.7 Å². The molecule has 17 heavy (non-hydrogen) atoms. The standard InChI is InChI=1S/C13H17N3S/c1-2-11(10-5-9-17-12(10)3-1)14-6-4-13-15-7-8-16-13/h5,7-9,11,14H,1-4,6H2,(H,15,16). The molecule has 2 heterocycles. The number of rotatable bonds is 4. The lowest BCUT2D eigenvalue weighted by atomic mass is 9.94. The van der Waals surface area contributed by atoms with Gasteiger partial charge in [0, 0.05) is 36.3 Å². The Labute approximate surface area is 105 Å². The van der Waals surface area contributed by atoms with E-state index >= 15 is 0 Å². The van der Waals surface area contributed by atoms with Crippen LogP contribution in [0.25, 0.3) is 0 Å². The number of aromatic nitrogens is 2. The average molecular weight is 247 g/mol. The van der Waals surface area contributed by atoms with Gasteiger partial charge in [0.1, 0.15) is 5.82 Å². The molecule has 1 aliphatic carbocycles. The Kier molecular flexibility index (Phi) is 3.25. The smallest absolute Gasteiger partial charge is 0.107 e. The van der Waals surface area contributed by atoms with Crippen molar-refractivity contribution in [2.45, 2.75) is 31.7 Å². The molecule has 90 valence electrons. The number of hydrogen-bond donors (Lipinski definition) is 2. The first-order chi connectivity index (χ1) is 8.43. The highest BCUT2D eigenvalue weighted by Crippen LogP contribution is 2.32. The van der Waals surface area contributed by atoms with E-state index in [1.165, 1.54) is 24.8 Å². The molecule has 1 aliphatic rings. The van der Waals surface area contributed by atoms with Crippen LogP contribution < -0.4 is 5.32 Å². The summed E-state index contributed by atoms with van der Waals surface area (Å²) >= 11 is 1.90. The summed E-state index contributed by atoms with van der Waals surface area (Å²) in [5.41, 5.74) is 1.53. The van der Waals surface area contributed by atoms with E-state index in [0.717, 1.165) is 18.8 Å². The van der Waals surface area contributed by atoms with Gasteiger partial charge in [0.25, 0.3) is 0 Å². The quantitative estimate of drug-likeness (QED) is 0.872. The summed E-state index contributed by atoms with van der Waals surface area (Å²) in [4.78, 5) is 8.96. The van der Waals surface area contributed by atoms with E-state index in [1.807, 2.05) is 23.7 Å². The number of thiophene rings is 1. The minimum atomic E-state index is 0.556. The second-order valence-corrected chi connectivity index (χ2v) is 5.48. The summed E-state index contributed by atoms with van der Waals surface area (Å²) in [6.07, 6.45) is 8.51. The molecule has 4 heteroatoms. The van der Waals surface area contributed by atoms with Crippen molar-refractivity contribution in [2.24, 2.45) is 0 Å². The second-order valence-electron chi connectivity index (χ2n) is 4.48. The molecule has 0 fully saturated rings. The van der Waals surface area contributed by atoms with Gasteiger partial charge >= 0.3 is 0 Å². The zero-order valence-electron chi connectivity index (χ0n) is 9.78. The first-order valence-corrected chi connectivity index (χ1v) is 7.09. The molecule has 0 aromatic carbocycles. The zero-order valence-corrected chi connectivity index (χ0v) is 10.6.